The molecule has 0 saturated carbocycles. The summed E-state index contributed by atoms with van der Waals surface area (Å²) in [6, 6.07) is 0. The SMILES string of the molecule is CC=N/C(C(=O)OCC)=C(CCC)/N=C/C(Br)=C\C. The van der Waals surface area contributed by atoms with Gasteiger partial charge in [-0.15, -0.1) is 0 Å². The fourth-order valence-corrected chi connectivity index (χ4v) is 1.37. The van der Waals surface area contributed by atoms with E-state index in [1.54, 1.807) is 26.3 Å². The van der Waals surface area contributed by atoms with Gasteiger partial charge in [0.15, 0.2) is 5.70 Å². The number of hydrogen-bond acceptors (Lipinski definition) is 4. The van der Waals surface area contributed by atoms with Crippen LogP contribution >= 0.6 is 15.9 Å². The van der Waals surface area contributed by atoms with Gasteiger partial charge in [0.25, 0.3) is 0 Å². The fourth-order valence-electron chi connectivity index (χ4n) is 1.27. The van der Waals surface area contributed by atoms with Gasteiger partial charge >= 0.3 is 5.97 Å². The summed E-state index contributed by atoms with van der Waals surface area (Å²) in [6.45, 7) is 7.77. The Morgan fingerprint density at radius 1 is 1.26 bits per heavy atom. The quantitative estimate of drug-likeness (QED) is 0.402. The molecule has 0 fully saturated rings. The molecule has 0 spiro atoms. The molecule has 106 valence electrons. The molecule has 0 radical (unpaired) electrons. The number of ether oxygens (including phenoxy) is 1. The summed E-state index contributed by atoms with van der Waals surface area (Å²) in [6.07, 6.45) is 6.66. The number of nitrogens with zero attached hydrogens (tertiary/aromatic N) is 2. The first-order valence-electron chi connectivity index (χ1n) is 6.35. The summed E-state index contributed by atoms with van der Waals surface area (Å²) in [5.41, 5.74) is 0.914. The molecule has 0 aromatic rings. The van der Waals surface area contributed by atoms with Crippen molar-refractivity contribution in [3.05, 3.63) is 22.0 Å². The third kappa shape index (κ3) is 7.06. The van der Waals surface area contributed by atoms with Crippen LogP contribution in [0.2, 0.25) is 0 Å². The summed E-state index contributed by atoms with van der Waals surface area (Å²) in [5.74, 6) is -0.433. The monoisotopic (exact) mass is 328 g/mol. The Bertz CT molecular complexity index is 410. The molecule has 0 aromatic heterocycles. The molecule has 0 unspecified atom stereocenters. The van der Waals surface area contributed by atoms with E-state index in [2.05, 4.69) is 25.9 Å². The first-order valence-corrected chi connectivity index (χ1v) is 7.14. The van der Waals surface area contributed by atoms with Crippen molar-refractivity contribution in [2.45, 2.75) is 40.5 Å². The van der Waals surface area contributed by atoms with Crippen LogP contribution in [0, 0.1) is 0 Å². The standard InChI is InChI=1S/C14H21BrN2O2/c1-5-9-12(17-10-11(15)6-2)13(16-7-3)14(18)19-8-4/h6-7,10H,5,8-9H2,1-4H3/b11-6+,13-12+,16-7?,17-10+. The van der Waals surface area contributed by atoms with Crippen molar-refractivity contribution in [2.75, 3.05) is 6.61 Å². The highest BCUT2D eigenvalue weighted by Crippen LogP contribution is 2.16. The number of allylic oxidation sites excluding steroid dienone is 3. The van der Waals surface area contributed by atoms with E-state index in [-0.39, 0.29) is 5.70 Å². The molecule has 0 aromatic carbocycles. The largest absolute Gasteiger partial charge is 0.461 e. The lowest BCUT2D eigenvalue weighted by molar-refractivity contribution is -0.138. The lowest BCUT2D eigenvalue weighted by Gasteiger charge is -2.06. The molecule has 19 heavy (non-hydrogen) atoms. The first kappa shape index (κ1) is 17.8. The van der Waals surface area contributed by atoms with Crippen molar-refractivity contribution in [1.29, 1.82) is 0 Å². The second kappa shape index (κ2) is 10.7. The summed E-state index contributed by atoms with van der Waals surface area (Å²) in [4.78, 5) is 20.3. The van der Waals surface area contributed by atoms with Gasteiger partial charge in [-0.2, -0.15) is 0 Å². The molecule has 0 aliphatic carbocycles. The van der Waals surface area contributed by atoms with Gasteiger partial charge in [-0.1, -0.05) is 19.4 Å². The van der Waals surface area contributed by atoms with Crippen LogP contribution in [0.4, 0.5) is 0 Å². The maximum Gasteiger partial charge on any atom is 0.358 e. The number of aliphatic imine (C=N–C) groups is 2. The lowest BCUT2D eigenvalue weighted by Crippen LogP contribution is -2.09. The van der Waals surface area contributed by atoms with Gasteiger partial charge in [0.05, 0.1) is 12.3 Å². The fraction of sp³-hybridized carbons (Fsp3) is 0.500. The molecule has 0 rings (SSSR count). The number of carbonyl (C=O) groups excluding carboxylic acids is 1. The zero-order chi connectivity index (χ0) is 14.7. The molecule has 0 saturated heterocycles. The van der Waals surface area contributed by atoms with Crippen molar-refractivity contribution in [2.24, 2.45) is 9.98 Å². The molecular weight excluding hydrogens is 308 g/mol. The number of halogens is 1. The minimum Gasteiger partial charge on any atom is -0.461 e. The zero-order valence-corrected chi connectivity index (χ0v) is 13.5. The van der Waals surface area contributed by atoms with Crippen LogP contribution in [0.1, 0.15) is 40.5 Å². The molecule has 0 N–H and O–H groups in total. The second-order valence-corrected chi connectivity index (χ2v) is 4.50. The van der Waals surface area contributed by atoms with E-state index >= 15 is 0 Å². The van der Waals surface area contributed by atoms with Crippen molar-refractivity contribution in [3.63, 3.8) is 0 Å². The maximum absolute atomic E-state index is 11.9. The second-order valence-electron chi connectivity index (χ2n) is 3.58. The highest BCUT2D eigenvalue weighted by atomic mass is 79.9. The number of rotatable bonds is 7. The molecule has 0 heterocycles. The number of carbonyl (C=O) groups is 1. The highest BCUT2D eigenvalue weighted by Gasteiger charge is 2.14. The maximum atomic E-state index is 11.9. The summed E-state index contributed by atoms with van der Waals surface area (Å²) >= 11 is 3.35. The number of hydrogen-bond donors (Lipinski definition) is 0. The molecule has 0 bridgehead atoms. The van der Waals surface area contributed by atoms with Crippen molar-refractivity contribution < 1.29 is 9.53 Å². The van der Waals surface area contributed by atoms with Crippen LogP contribution in [-0.2, 0) is 9.53 Å². The van der Waals surface area contributed by atoms with Crippen LogP contribution in [-0.4, -0.2) is 25.0 Å². The first-order chi connectivity index (χ1) is 9.10. The predicted molar refractivity (Wildman–Crippen MR) is 83.9 cm³/mol. The Morgan fingerprint density at radius 2 is 1.95 bits per heavy atom. The Kier molecular flexibility index (Phi) is 9.98. The predicted octanol–water partition coefficient (Wildman–Crippen LogP) is 4.02. The van der Waals surface area contributed by atoms with Crippen LogP contribution in [0.5, 0.6) is 0 Å². The van der Waals surface area contributed by atoms with Crippen LogP contribution < -0.4 is 0 Å². The van der Waals surface area contributed by atoms with E-state index in [1.807, 2.05) is 19.9 Å². The minimum atomic E-state index is -0.433. The molecule has 5 heteroatoms. The summed E-state index contributed by atoms with van der Waals surface area (Å²) < 4.78 is 5.86. The molecule has 0 atom stereocenters. The van der Waals surface area contributed by atoms with E-state index in [1.165, 1.54) is 0 Å². The van der Waals surface area contributed by atoms with Crippen LogP contribution in [0.25, 0.3) is 0 Å². The van der Waals surface area contributed by atoms with Crippen LogP contribution in [0.3, 0.4) is 0 Å². The highest BCUT2D eigenvalue weighted by molar-refractivity contribution is 9.12. The van der Waals surface area contributed by atoms with E-state index in [9.17, 15) is 4.79 Å². The van der Waals surface area contributed by atoms with Crippen molar-refractivity contribution >= 4 is 34.3 Å². The Hall–Kier alpha value is -1.23. The molecule has 0 aliphatic rings. The van der Waals surface area contributed by atoms with Gasteiger partial charge in [-0.3, -0.25) is 9.98 Å². The molecule has 0 amide bonds. The van der Waals surface area contributed by atoms with Gasteiger partial charge in [0, 0.05) is 16.9 Å². The van der Waals surface area contributed by atoms with E-state index in [0.717, 1.165) is 10.9 Å². The number of esters is 1. The molecular formula is C14H21BrN2O2. The zero-order valence-electron chi connectivity index (χ0n) is 11.9. The van der Waals surface area contributed by atoms with Gasteiger partial charge in [0.2, 0.25) is 0 Å². The molecule has 4 nitrogen and oxygen atoms in total. The normalized spacial score (nSPS) is 14.1. The average molecular weight is 329 g/mol. The van der Waals surface area contributed by atoms with Gasteiger partial charge in [-0.25, -0.2) is 4.79 Å². The van der Waals surface area contributed by atoms with E-state index < -0.39 is 5.97 Å². The van der Waals surface area contributed by atoms with Gasteiger partial charge in [0.1, 0.15) is 0 Å². The average Bonchev–Trinajstić information content (AvgIpc) is 2.40. The van der Waals surface area contributed by atoms with Gasteiger partial charge in [-0.05, 0) is 43.1 Å². The Balaban J connectivity index is 5.47. The third-order valence-corrected chi connectivity index (χ3v) is 2.77. The Morgan fingerprint density at radius 3 is 2.42 bits per heavy atom. The molecule has 0 aliphatic heterocycles. The van der Waals surface area contributed by atoms with Gasteiger partial charge < -0.3 is 4.74 Å². The van der Waals surface area contributed by atoms with Crippen molar-refractivity contribution in [1.82, 2.24) is 0 Å². The topological polar surface area (TPSA) is 51.0 Å². The van der Waals surface area contributed by atoms with E-state index in [0.29, 0.717) is 18.7 Å². The summed E-state index contributed by atoms with van der Waals surface area (Å²) in [7, 11) is 0. The Labute approximate surface area is 123 Å². The van der Waals surface area contributed by atoms with Crippen molar-refractivity contribution in [3.8, 4) is 0 Å². The minimum absolute atomic E-state index is 0.277. The lowest BCUT2D eigenvalue weighted by atomic mass is 10.2. The smallest absolute Gasteiger partial charge is 0.358 e. The van der Waals surface area contributed by atoms with Crippen LogP contribution in [0.15, 0.2) is 31.9 Å². The summed E-state index contributed by atoms with van der Waals surface area (Å²) in [5, 5.41) is 0. The van der Waals surface area contributed by atoms with E-state index in [4.69, 9.17) is 4.74 Å². The third-order valence-electron chi connectivity index (χ3n) is 2.11.